The SMILES string of the molecule is Cc1ccc(C2=C(C3=CCOCC3)CCCc3cc(N)ccc32)cc1. The molecule has 0 saturated carbocycles. The zero-order valence-electron chi connectivity index (χ0n) is 14.8. The predicted octanol–water partition coefficient (Wildman–Crippen LogP) is 5.06. The number of aryl methyl sites for hydroxylation is 2. The number of fused-ring (bicyclic) bond motifs is 1. The van der Waals surface area contributed by atoms with Crippen molar-refractivity contribution in [2.75, 3.05) is 18.9 Å². The van der Waals surface area contributed by atoms with Crippen molar-refractivity contribution in [1.29, 1.82) is 0 Å². The maximum atomic E-state index is 6.07. The van der Waals surface area contributed by atoms with Gasteiger partial charge in [0.2, 0.25) is 0 Å². The van der Waals surface area contributed by atoms with Crippen molar-refractivity contribution < 1.29 is 4.74 Å². The number of ether oxygens (including phenoxy) is 1. The Morgan fingerprint density at radius 3 is 2.56 bits per heavy atom. The minimum atomic E-state index is 0.731. The highest BCUT2D eigenvalue weighted by Gasteiger charge is 2.22. The van der Waals surface area contributed by atoms with Crippen LogP contribution in [0.5, 0.6) is 0 Å². The topological polar surface area (TPSA) is 35.2 Å². The highest BCUT2D eigenvalue weighted by molar-refractivity contribution is 5.87. The van der Waals surface area contributed by atoms with Crippen molar-refractivity contribution in [1.82, 2.24) is 0 Å². The van der Waals surface area contributed by atoms with Gasteiger partial charge in [-0.3, -0.25) is 0 Å². The third-order valence-corrected chi connectivity index (χ3v) is 5.26. The van der Waals surface area contributed by atoms with E-state index in [2.05, 4.69) is 49.4 Å². The number of hydrogen-bond donors (Lipinski definition) is 1. The third-order valence-electron chi connectivity index (χ3n) is 5.26. The monoisotopic (exact) mass is 331 g/mol. The second-order valence-corrected chi connectivity index (χ2v) is 7.04. The summed E-state index contributed by atoms with van der Waals surface area (Å²) in [5, 5.41) is 0. The van der Waals surface area contributed by atoms with Crippen LogP contribution >= 0.6 is 0 Å². The van der Waals surface area contributed by atoms with Crippen LogP contribution in [0.15, 0.2) is 59.7 Å². The van der Waals surface area contributed by atoms with Crippen LogP contribution in [0, 0.1) is 6.92 Å². The Morgan fingerprint density at radius 2 is 1.80 bits per heavy atom. The average molecular weight is 331 g/mol. The van der Waals surface area contributed by atoms with Gasteiger partial charge in [-0.25, -0.2) is 0 Å². The Morgan fingerprint density at radius 1 is 0.960 bits per heavy atom. The summed E-state index contributed by atoms with van der Waals surface area (Å²) in [4.78, 5) is 0. The van der Waals surface area contributed by atoms with Gasteiger partial charge in [0.05, 0.1) is 13.2 Å². The zero-order valence-corrected chi connectivity index (χ0v) is 14.8. The van der Waals surface area contributed by atoms with Crippen LogP contribution in [0.25, 0.3) is 5.57 Å². The lowest BCUT2D eigenvalue weighted by atomic mass is 9.86. The van der Waals surface area contributed by atoms with Gasteiger partial charge in [-0.2, -0.15) is 0 Å². The first-order valence-electron chi connectivity index (χ1n) is 9.18. The van der Waals surface area contributed by atoms with Crippen molar-refractivity contribution >= 4 is 11.3 Å². The fraction of sp³-hybridized carbons (Fsp3) is 0.304. The molecule has 0 unspecified atom stereocenters. The van der Waals surface area contributed by atoms with Crippen LogP contribution < -0.4 is 5.73 Å². The summed E-state index contributed by atoms with van der Waals surface area (Å²) in [6.45, 7) is 3.70. The number of benzene rings is 2. The van der Waals surface area contributed by atoms with E-state index in [0.29, 0.717) is 0 Å². The maximum Gasteiger partial charge on any atom is 0.0653 e. The second kappa shape index (κ2) is 6.89. The summed E-state index contributed by atoms with van der Waals surface area (Å²) in [5.74, 6) is 0. The second-order valence-electron chi connectivity index (χ2n) is 7.04. The summed E-state index contributed by atoms with van der Waals surface area (Å²) in [7, 11) is 0. The largest absolute Gasteiger partial charge is 0.399 e. The van der Waals surface area contributed by atoms with E-state index >= 15 is 0 Å². The predicted molar refractivity (Wildman–Crippen MR) is 105 cm³/mol. The van der Waals surface area contributed by atoms with Crippen molar-refractivity contribution in [3.05, 3.63) is 81.9 Å². The Hall–Kier alpha value is -2.32. The molecular weight excluding hydrogens is 306 g/mol. The molecule has 0 saturated heterocycles. The van der Waals surface area contributed by atoms with Gasteiger partial charge in [-0.05, 0) is 78.1 Å². The molecule has 0 aromatic heterocycles. The summed E-state index contributed by atoms with van der Waals surface area (Å²) < 4.78 is 5.55. The molecule has 0 atom stereocenters. The van der Waals surface area contributed by atoms with Crippen molar-refractivity contribution in [3.63, 3.8) is 0 Å². The Balaban J connectivity index is 1.95. The minimum absolute atomic E-state index is 0.731. The molecule has 2 aromatic carbocycles. The van der Waals surface area contributed by atoms with Gasteiger partial charge < -0.3 is 10.5 Å². The summed E-state index contributed by atoms with van der Waals surface area (Å²) in [5.41, 5.74) is 16.6. The van der Waals surface area contributed by atoms with Crippen LogP contribution in [-0.2, 0) is 11.2 Å². The normalized spacial score (nSPS) is 17.7. The molecule has 128 valence electrons. The highest BCUT2D eigenvalue weighted by atomic mass is 16.5. The molecule has 0 spiro atoms. The first kappa shape index (κ1) is 16.2. The van der Waals surface area contributed by atoms with Crippen LogP contribution in [0.2, 0.25) is 0 Å². The van der Waals surface area contributed by atoms with E-state index in [4.69, 9.17) is 10.5 Å². The molecule has 2 aromatic rings. The molecule has 2 aliphatic rings. The Labute approximate surface area is 150 Å². The summed E-state index contributed by atoms with van der Waals surface area (Å²) in [6.07, 6.45) is 6.65. The molecule has 2 N–H and O–H groups in total. The van der Waals surface area contributed by atoms with Crippen LogP contribution in [-0.4, -0.2) is 13.2 Å². The first-order chi connectivity index (χ1) is 12.2. The molecular formula is C23H25NO. The first-order valence-corrected chi connectivity index (χ1v) is 9.18. The van der Waals surface area contributed by atoms with Gasteiger partial charge in [-0.1, -0.05) is 42.0 Å². The molecule has 0 radical (unpaired) electrons. The van der Waals surface area contributed by atoms with E-state index in [1.54, 1.807) is 0 Å². The van der Waals surface area contributed by atoms with Crippen molar-refractivity contribution in [2.24, 2.45) is 0 Å². The number of hydrogen-bond acceptors (Lipinski definition) is 2. The molecule has 25 heavy (non-hydrogen) atoms. The van der Waals surface area contributed by atoms with E-state index in [0.717, 1.165) is 38.2 Å². The van der Waals surface area contributed by atoms with Gasteiger partial charge in [0.1, 0.15) is 0 Å². The van der Waals surface area contributed by atoms with Gasteiger partial charge in [-0.15, -0.1) is 0 Å². The Bertz CT molecular complexity index is 843. The smallest absolute Gasteiger partial charge is 0.0653 e. The maximum absolute atomic E-state index is 6.07. The molecule has 1 aliphatic heterocycles. The van der Waals surface area contributed by atoms with E-state index in [1.807, 2.05) is 6.07 Å². The van der Waals surface area contributed by atoms with E-state index < -0.39 is 0 Å². The highest BCUT2D eigenvalue weighted by Crippen LogP contribution is 2.40. The van der Waals surface area contributed by atoms with Crippen LogP contribution in [0.4, 0.5) is 5.69 Å². The molecule has 2 nitrogen and oxygen atoms in total. The third kappa shape index (κ3) is 3.27. The molecule has 1 aliphatic carbocycles. The molecule has 4 rings (SSSR count). The minimum Gasteiger partial charge on any atom is -0.399 e. The number of allylic oxidation sites excluding steroid dienone is 1. The number of nitrogens with two attached hydrogens (primary N) is 1. The number of nitrogen functional groups attached to an aromatic ring is 1. The molecule has 0 fully saturated rings. The van der Waals surface area contributed by atoms with Gasteiger partial charge in [0.15, 0.2) is 0 Å². The molecule has 0 amide bonds. The van der Waals surface area contributed by atoms with Crippen molar-refractivity contribution in [2.45, 2.75) is 32.6 Å². The van der Waals surface area contributed by atoms with Gasteiger partial charge in [0, 0.05) is 5.69 Å². The van der Waals surface area contributed by atoms with Gasteiger partial charge >= 0.3 is 0 Å². The Kier molecular flexibility index (Phi) is 4.46. The van der Waals surface area contributed by atoms with E-state index in [9.17, 15) is 0 Å². The summed E-state index contributed by atoms with van der Waals surface area (Å²) >= 11 is 0. The van der Waals surface area contributed by atoms with Gasteiger partial charge in [0.25, 0.3) is 0 Å². The van der Waals surface area contributed by atoms with E-state index in [-0.39, 0.29) is 0 Å². The fourth-order valence-electron chi connectivity index (χ4n) is 3.98. The lowest BCUT2D eigenvalue weighted by Crippen LogP contribution is -2.08. The lowest BCUT2D eigenvalue weighted by Gasteiger charge is -2.21. The molecule has 0 bridgehead atoms. The van der Waals surface area contributed by atoms with Crippen LogP contribution in [0.3, 0.4) is 0 Å². The fourth-order valence-corrected chi connectivity index (χ4v) is 3.98. The number of rotatable bonds is 2. The van der Waals surface area contributed by atoms with Crippen LogP contribution in [0.1, 0.15) is 41.5 Å². The average Bonchev–Trinajstić information content (AvgIpc) is 2.82. The molecule has 1 heterocycles. The lowest BCUT2D eigenvalue weighted by molar-refractivity contribution is 0.155. The number of anilines is 1. The standard InChI is InChI=1S/C23H25NO/c1-16-5-7-18(8-6-16)23-21(17-11-13-25-14-12-17)4-2-3-19-15-20(24)9-10-22(19)23/h5-11,15H,2-4,12-14,24H2,1H3. The quantitative estimate of drug-likeness (QED) is 0.781. The molecule has 2 heteroatoms. The zero-order chi connectivity index (χ0) is 17.2. The summed E-state index contributed by atoms with van der Waals surface area (Å²) in [6, 6.07) is 15.3. The van der Waals surface area contributed by atoms with Crippen molar-refractivity contribution in [3.8, 4) is 0 Å². The van der Waals surface area contributed by atoms with E-state index in [1.165, 1.54) is 45.4 Å².